The number of hydrogen-bond donors (Lipinski definition) is 3. The highest BCUT2D eigenvalue weighted by molar-refractivity contribution is 5.93. The number of hydrogen-bond acceptors (Lipinski definition) is 2. The third-order valence-corrected chi connectivity index (χ3v) is 2.88. The Balaban J connectivity index is 2.70. The molecule has 0 heterocycles. The quantitative estimate of drug-likeness (QED) is 0.674. The van der Waals surface area contributed by atoms with Crippen LogP contribution in [-0.4, -0.2) is 32.0 Å². The van der Waals surface area contributed by atoms with E-state index in [-0.39, 0.29) is 19.0 Å². The molecule has 104 valence electrons. The van der Waals surface area contributed by atoms with Crippen LogP contribution >= 0.6 is 0 Å². The Labute approximate surface area is 113 Å². The van der Waals surface area contributed by atoms with E-state index >= 15 is 0 Å². The summed E-state index contributed by atoms with van der Waals surface area (Å²) in [5, 5.41) is 2.90. The van der Waals surface area contributed by atoms with Crippen LogP contribution in [0, 0.1) is 20.8 Å². The number of quaternary nitrogens is 1. The average Bonchev–Trinajstić information content (AvgIpc) is 2.21. The van der Waals surface area contributed by atoms with E-state index in [0.717, 1.165) is 21.7 Å². The highest BCUT2D eigenvalue weighted by Crippen LogP contribution is 2.21. The second-order valence-electron chi connectivity index (χ2n) is 5.10. The topological polar surface area (TPSA) is 76.6 Å². The molecule has 5 heteroatoms. The van der Waals surface area contributed by atoms with Gasteiger partial charge in [-0.05, 0) is 31.9 Å². The molecule has 0 aromatic heterocycles. The fourth-order valence-corrected chi connectivity index (χ4v) is 2.19. The first-order chi connectivity index (χ1) is 8.79. The van der Waals surface area contributed by atoms with Gasteiger partial charge >= 0.3 is 0 Å². The number of nitrogens with one attached hydrogen (secondary N) is 2. The molecule has 0 aliphatic heterocycles. The molecule has 5 nitrogen and oxygen atoms in total. The molecular weight excluding hydrogens is 242 g/mol. The van der Waals surface area contributed by atoms with Crippen LogP contribution in [0.1, 0.15) is 16.7 Å². The number of primary amides is 1. The lowest BCUT2D eigenvalue weighted by Gasteiger charge is -2.15. The van der Waals surface area contributed by atoms with E-state index in [0.29, 0.717) is 0 Å². The number of carbonyl (C=O) groups excluding carboxylic acids is 2. The molecule has 0 aliphatic carbocycles. The summed E-state index contributed by atoms with van der Waals surface area (Å²) in [4.78, 5) is 23.4. The van der Waals surface area contributed by atoms with Crippen LogP contribution in [0.25, 0.3) is 0 Å². The van der Waals surface area contributed by atoms with Gasteiger partial charge in [-0.25, -0.2) is 0 Å². The summed E-state index contributed by atoms with van der Waals surface area (Å²) in [6.45, 7) is 6.33. The molecule has 0 saturated carbocycles. The Hall–Kier alpha value is -1.88. The molecule has 19 heavy (non-hydrogen) atoms. The van der Waals surface area contributed by atoms with Crippen LogP contribution in [0.3, 0.4) is 0 Å². The normalized spacial score (nSPS) is 12.0. The van der Waals surface area contributed by atoms with E-state index in [1.165, 1.54) is 5.56 Å². The predicted octanol–water partition coefficient (Wildman–Crippen LogP) is -0.450. The van der Waals surface area contributed by atoms with Gasteiger partial charge < -0.3 is 16.0 Å². The second kappa shape index (κ2) is 6.33. The second-order valence-corrected chi connectivity index (χ2v) is 5.10. The van der Waals surface area contributed by atoms with Crippen molar-refractivity contribution < 1.29 is 14.5 Å². The lowest BCUT2D eigenvalue weighted by molar-refractivity contribution is -0.862. The first kappa shape index (κ1) is 15.2. The number of rotatable bonds is 5. The maximum absolute atomic E-state index is 11.9. The summed E-state index contributed by atoms with van der Waals surface area (Å²) in [6, 6.07) is 4.06. The fraction of sp³-hybridized carbons (Fsp3) is 0.429. The van der Waals surface area contributed by atoms with Gasteiger partial charge in [-0.15, -0.1) is 0 Å². The first-order valence-corrected chi connectivity index (χ1v) is 6.27. The van der Waals surface area contributed by atoms with Crippen molar-refractivity contribution >= 4 is 17.5 Å². The molecule has 0 radical (unpaired) electrons. The smallest absolute Gasteiger partial charge is 0.279 e. The van der Waals surface area contributed by atoms with Crippen LogP contribution in [0.5, 0.6) is 0 Å². The number of benzene rings is 1. The van der Waals surface area contributed by atoms with Crippen LogP contribution in [-0.2, 0) is 9.59 Å². The lowest BCUT2D eigenvalue weighted by atomic mass is 10.1. The summed E-state index contributed by atoms with van der Waals surface area (Å²) in [7, 11) is 1.76. The molecule has 1 aromatic carbocycles. The monoisotopic (exact) mass is 264 g/mol. The van der Waals surface area contributed by atoms with Crippen molar-refractivity contribution in [1.29, 1.82) is 0 Å². The Morgan fingerprint density at radius 2 is 1.68 bits per heavy atom. The van der Waals surface area contributed by atoms with Gasteiger partial charge in [-0.1, -0.05) is 17.7 Å². The lowest BCUT2D eigenvalue weighted by Crippen LogP contribution is -3.11. The highest BCUT2D eigenvalue weighted by Gasteiger charge is 2.14. The van der Waals surface area contributed by atoms with Gasteiger partial charge in [0, 0.05) is 5.69 Å². The van der Waals surface area contributed by atoms with Crippen molar-refractivity contribution in [2.45, 2.75) is 20.8 Å². The number of likely N-dealkylation sites (N-methyl/N-ethyl adjacent to an activating group) is 1. The van der Waals surface area contributed by atoms with Crippen molar-refractivity contribution in [2.75, 3.05) is 25.5 Å². The van der Waals surface area contributed by atoms with Gasteiger partial charge in [0.05, 0.1) is 7.05 Å². The summed E-state index contributed by atoms with van der Waals surface area (Å²) < 4.78 is 0. The van der Waals surface area contributed by atoms with Crippen LogP contribution in [0.2, 0.25) is 0 Å². The van der Waals surface area contributed by atoms with Crippen molar-refractivity contribution in [1.82, 2.24) is 0 Å². The van der Waals surface area contributed by atoms with Crippen LogP contribution < -0.4 is 16.0 Å². The summed E-state index contributed by atoms with van der Waals surface area (Å²) in [5.74, 6) is -0.526. The standard InChI is InChI=1S/C14H21N3O2/c1-9-5-10(2)14(11(3)6-9)16-13(19)8-17(4)7-12(15)18/h5-6H,7-8H2,1-4H3,(H2,15,18)(H,16,19)/p+1. The molecule has 0 saturated heterocycles. The first-order valence-electron chi connectivity index (χ1n) is 6.27. The van der Waals surface area contributed by atoms with Crippen molar-refractivity contribution in [2.24, 2.45) is 5.73 Å². The highest BCUT2D eigenvalue weighted by atomic mass is 16.2. The van der Waals surface area contributed by atoms with Gasteiger partial charge in [-0.3, -0.25) is 9.59 Å². The summed E-state index contributed by atoms with van der Waals surface area (Å²) in [5.41, 5.74) is 9.20. The molecule has 0 fully saturated rings. The Morgan fingerprint density at radius 3 is 2.16 bits per heavy atom. The van der Waals surface area contributed by atoms with E-state index in [1.54, 1.807) is 7.05 Å². The minimum Gasteiger partial charge on any atom is -0.365 e. The summed E-state index contributed by atoms with van der Waals surface area (Å²) in [6.07, 6.45) is 0. The zero-order valence-electron chi connectivity index (χ0n) is 12.0. The van der Waals surface area contributed by atoms with Crippen molar-refractivity contribution in [3.8, 4) is 0 Å². The molecule has 1 aromatic rings. The third kappa shape index (κ3) is 4.71. The molecular formula is C14H22N3O2+. The number of anilines is 1. The zero-order chi connectivity index (χ0) is 14.6. The fourth-order valence-electron chi connectivity index (χ4n) is 2.19. The SMILES string of the molecule is Cc1cc(C)c(NC(=O)C[NH+](C)CC(N)=O)c(C)c1. The van der Waals surface area contributed by atoms with E-state index in [9.17, 15) is 9.59 Å². The largest absolute Gasteiger partial charge is 0.365 e. The Kier molecular flexibility index (Phi) is 5.06. The summed E-state index contributed by atoms with van der Waals surface area (Å²) >= 11 is 0. The maximum Gasteiger partial charge on any atom is 0.279 e. The number of carbonyl (C=O) groups is 2. The predicted molar refractivity (Wildman–Crippen MR) is 75.1 cm³/mol. The molecule has 0 aliphatic rings. The van der Waals surface area contributed by atoms with Crippen molar-refractivity contribution in [3.63, 3.8) is 0 Å². The van der Waals surface area contributed by atoms with Gasteiger partial charge in [0.25, 0.3) is 11.8 Å². The Morgan fingerprint density at radius 1 is 1.16 bits per heavy atom. The van der Waals surface area contributed by atoms with Gasteiger partial charge in [-0.2, -0.15) is 0 Å². The maximum atomic E-state index is 11.9. The molecule has 0 bridgehead atoms. The van der Waals surface area contributed by atoms with E-state index in [4.69, 9.17) is 5.73 Å². The van der Waals surface area contributed by atoms with Gasteiger partial charge in [0.2, 0.25) is 0 Å². The molecule has 2 amide bonds. The molecule has 1 rings (SSSR count). The van der Waals surface area contributed by atoms with E-state index in [1.807, 2.05) is 32.9 Å². The average molecular weight is 264 g/mol. The van der Waals surface area contributed by atoms with E-state index in [2.05, 4.69) is 5.32 Å². The van der Waals surface area contributed by atoms with Gasteiger partial charge in [0.15, 0.2) is 13.1 Å². The van der Waals surface area contributed by atoms with E-state index < -0.39 is 5.91 Å². The molecule has 1 atom stereocenters. The van der Waals surface area contributed by atoms with Crippen LogP contribution in [0.15, 0.2) is 12.1 Å². The number of aryl methyl sites for hydroxylation is 3. The molecule has 1 unspecified atom stereocenters. The van der Waals surface area contributed by atoms with Crippen LogP contribution in [0.4, 0.5) is 5.69 Å². The number of amides is 2. The minimum atomic E-state index is -0.409. The molecule has 0 spiro atoms. The minimum absolute atomic E-state index is 0.117. The zero-order valence-corrected chi connectivity index (χ0v) is 12.0. The van der Waals surface area contributed by atoms with Crippen molar-refractivity contribution in [3.05, 3.63) is 28.8 Å². The van der Waals surface area contributed by atoms with Gasteiger partial charge in [0.1, 0.15) is 0 Å². The number of nitrogens with two attached hydrogens (primary N) is 1. The molecule has 4 N–H and O–H groups in total. The third-order valence-electron chi connectivity index (χ3n) is 2.88. The Bertz CT molecular complexity index is 474.